The Labute approximate surface area is 182 Å². The molecule has 0 radical (unpaired) electrons. The van der Waals surface area contributed by atoms with Gasteiger partial charge in [-0.05, 0) is 43.8 Å². The highest BCUT2D eigenvalue weighted by atomic mass is 16.5. The number of hydrogen-bond donors (Lipinski definition) is 2. The maximum atomic E-state index is 13.0. The molecule has 8 heteroatoms. The molecule has 3 heterocycles. The first-order valence-corrected chi connectivity index (χ1v) is 10.5. The van der Waals surface area contributed by atoms with Crippen LogP contribution in [0.25, 0.3) is 5.65 Å². The van der Waals surface area contributed by atoms with Gasteiger partial charge in [0.2, 0.25) is 0 Å². The van der Waals surface area contributed by atoms with Crippen molar-refractivity contribution >= 4 is 17.4 Å². The molecule has 2 N–H and O–H groups in total. The predicted octanol–water partition coefficient (Wildman–Crippen LogP) is 1.65. The summed E-state index contributed by atoms with van der Waals surface area (Å²) in [5.74, 6) is 1.52. The fourth-order valence-electron chi connectivity index (χ4n) is 4.09. The number of amides is 1. The molecule has 1 fully saturated rings. The number of carbonyl (C=O) groups is 1. The van der Waals surface area contributed by atoms with Gasteiger partial charge in [0.25, 0.3) is 5.91 Å². The molecule has 4 rings (SSSR count). The molecule has 1 aliphatic heterocycles. The zero-order valence-corrected chi connectivity index (χ0v) is 18.0. The average Bonchev–Trinajstić information content (AvgIpc) is 3.40. The van der Waals surface area contributed by atoms with Gasteiger partial charge in [-0.15, -0.1) is 0 Å². The number of β-amino-alcohol motifs (C(OH)–C–C–N with tert-alkyl or cyclic N) is 1. The van der Waals surface area contributed by atoms with Crippen LogP contribution in [0.4, 0.5) is 5.82 Å². The number of nitrogens with one attached hydrogen (secondary N) is 1. The molecule has 1 atom stereocenters. The Morgan fingerprint density at radius 2 is 2.16 bits per heavy atom. The molecule has 3 aromatic rings. The quantitative estimate of drug-likeness (QED) is 0.536. The van der Waals surface area contributed by atoms with Crippen molar-refractivity contribution in [3.05, 3.63) is 60.4 Å². The largest absolute Gasteiger partial charge is 0.492 e. The smallest absolute Gasteiger partial charge is 0.253 e. The second-order valence-electron chi connectivity index (χ2n) is 8.08. The SMILES string of the molecule is CNCCOc1cccc(C(=O)N(C)C[C@]2(O)CCN(c3cccc4nccn34)C2)c1. The van der Waals surface area contributed by atoms with Gasteiger partial charge in [0.05, 0.1) is 6.54 Å². The molecular weight excluding hydrogens is 394 g/mol. The van der Waals surface area contributed by atoms with Gasteiger partial charge in [-0.25, -0.2) is 4.98 Å². The third-order valence-corrected chi connectivity index (χ3v) is 5.64. The molecule has 1 aliphatic rings. The van der Waals surface area contributed by atoms with Crippen molar-refractivity contribution in [1.82, 2.24) is 19.6 Å². The van der Waals surface area contributed by atoms with Gasteiger partial charge in [0, 0.05) is 44.6 Å². The van der Waals surface area contributed by atoms with Gasteiger partial charge >= 0.3 is 0 Å². The Kier molecular flexibility index (Phi) is 6.11. The van der Waals surface area contributed by atoms with Gasteiger partial charge in [-0.1, -0.05) is 12.1 Å². The summed E-state index contributed by atoms with van der Waals surface area (Å²) in [6.45, 7) is 2.68. The van der Waals surface area contributed by atoms with Crippen molar-refractivity contribution in [3.8, 4) is 5.75 Å². The van der Waals surface area contributed by atoms with Crippen LogP contribution in [0.3, 0.4) is 0 Å². The van der Waals surface area contributed by atoms with Crippen LogP contribution in [-0.2, 0) is 0 Å². The second kappa shape index (κ2) is 8.95. The predicted molar refractivity (Wildman–Crippen MR) is 120 cm³/mol. The monoisotopic (exact) mass is 423 g/mol. The molecule has 0 aliphatic carbocycles. The van der Waals surface area contributed by atoms with Crippen molar-refractivity contribution in [2.45, 2.75) is 12.0 Å². The number of rotatable bonds is 8. The number of ether oxygens (including phenoxy) is 1. The molecule has 0 bridgehead atoms. The maximum Gasteiger partial charge on any atom is 0.253 e. The van der Waals surface area contributed by atoms with E-state index in [-0.39, 0.29) is 12.5 Å². The first-order chi connectivity index (χ1) is 15.0. The zero-order valence-electron chi connectivity index (χ0n) is 18.0. The normalized spacial score (nSPS) is 18.5. The third-order valence-electron chi connectivity index (χ3n) is 5.64. The molecule has 8 nitrogen and oxygen atoms in total. The fraction of sp³-hybridized carbons (Fsp3) is 0.391. The number of pyridine rings is 1. The molecule has 1 saturated heterocycles. The highest BCUT2D eigenvalue weighted by molar-refractivity contribution is 5.94. The van der Waals surface area contributed by atoms with Crippen LogP contribution >= 0.6 is 0 Å². The Hall–Kier alpha value is -3.10. The topological polar surface area (TPSA) is 82.3 Å². The highest BCUT2D eigenvalue weighted by Crippen LogP contribution is 2.28. The first kappa shape index (κ1) is 21.1. The van der Waals surface area contributed by atoms with Gasteiger partial charge in [-0.2, -0.15) is 0 Å². The molecule has 0 unspecified atom stereocenters. The Bertz CT molecular complexity index is 1050. The second-order valence-corrected chi connectivity index (χ2v) is 8.08. The third kappa shape index (κ3) is 4.65. The van der Waals surface area contributed by atoms with Crippen molar-refractivity contribution in [1.29, 1.82) is 0 Å². The number of imidazole rings is 1. The number of carbonyl (C=O) groups excluding carboxylic acids is 1. The number of aromatic nitrogens is 2. The fourth-order valence-corrected chi connectivity index (χ4v) is 4.09. The number of hydrogen-bond acceptors (Lipinski definition) is 6. The van der Waals surface area contributed by atoms with Crippen LogP contribution < -0.4 is 15.0 Å². The number of aliphatic hydroxyl groups is 1. The molecule has 0 spiro atoms. The molecule has 164 valence electrons. The van der Waals surface area contributed by atoms with Gasteiger partial charge in [-0.3, -0.25) is 9.20 Å². The van der Waals surface area contributed by atoms with Crippen molar-refractivity contribution in [2.75, 3.05) is 51.8 Å². The van der Waals surface area contributed by atoms with Crippen LogP contribution in [0.5, 0.6) is 5.75 Å². The van der Waals surface area contributed by atoms with Crippen LogP contribution in [0.2, 0.25) is 0 Å². The van der Waals surface area contributed by atoms with E-state index in [2.05, 4.69) is 15.2 Å². The summed E-state index contributed by atoms with van der Waals surface area (Å²) in [6, 6.07) is 13.1. The standard InChI is InChI=1S/C23H29N5O3/c1-24-11-14-31-19-6-3-5-18(15-19)22(29)26(2)16-23(30)9-12-27(17-23)21-8-4-7-20-25-10-13-28(20)21/h3-8,10,13,15,24,30H,9,11-12,14,16-17H2,1-2H3/t23-/m1/s1. The van der Waals surface area contributed by atoms with Crippen molar-refractivity contribution in [2.24, 2.45) is 0 Å². The lowest BCUT2D eigenvalue weighted by Crippen LogP contribution is -2.46. The van der Waals surface area contributed by atoms with E-state index in [4.69, 9.17) is 4.74 Å². The van der Waals surface area contributed by atoms with Gasteiger partial charge in [0.1, 0.15) is 29.4 Å². The summed E-state index contributed by atoms with van der Waals surface area (Å²) >= 11 is 0. The number of anilines is 1. The van der Waals surface area contributed by atoms with Crippen molar-refractivity contribution < 1.29 is 14.6 Å². The maximum absolute atomic E-state index is 13.0. The summed E-state index contributed by atoms with van der Waals surface area (Å²) < 4.78 is 7.68. The van der Waals surface area contributed by atoms with Crippen LogP contribution in [0, 0.1) is 0 Å². The molecule has 31 heavy (non-hydrogen) atoms. The molecule has 2 aromatic heterocycles. The average molecular weight is 424 g/mol. The lowest BCUT2D eigenvalue weighted by molar-refractivity contribution is 0.0264. The summed E-state index contributed by atoms with van der Waals surface area (Å²) in [5.41, 5.74) is 0.441. The lowest BCUT2D eigenvalue weighted by Gasteiger charge is -2.29. The summed E-state index contributed by atoms with van der Waals surface area (Å²) in [7, 11) is 3.59. The van der Waals surface area contributed by atoms with Crippen molar-refractivity contribution in [3.63, 3.8) is 0 Å². The van der Waals surface area contributed by atoms with Crippen LogP contribution in [0.15, 0.2) is 54.9 Å². The van der Waals surface area contributed by atoms with Crippen LogP contribution in [0.1, 0.15) is 16.8 Å². The Balaban J connectivity index is 1.41. The van der Waals surface area contributed by atoms with E-state index in [1.165, 1.54) is 0 Å². The minimum Gasteiger partial charge on any atom is -0.492 e. The van der Waals surface area contributed by atoms with E-state index in [0.29, 0.717) is 37.4 Å². The van der Waals surface area contributed by atoms with E-state index in [1.54, 1.807) is 30.3 Å². The van der Waals surface area contributed by atoms with Crippen LogP contribution in [-0.4, -0.2) is 77.8 Å². The molecule has 1 aromatic carbocycles. The first-order valence-electron chi connectivity index (χ1n) is 10.5. The number of nitrogens with zero attached hydrogens (tertiary/aromatic N) is 4. The molecule has 1 amide bonds. The van der Waals surface area contributed by atoms with E-state index >= 15 is 0 Å². The summed E-state index contributed by atoms with van der Waals surface area (Å²) in [6.07, 6.45) is 4.27. The minimum absolute atomic E-state index is 0.136. The number of fused-ring (bicyclic) bond motifs is 1. The summed E-state index contributed by atoms with van der Waals surface area (Å²) in [5, 5.41) is 14.2. The Morgan fingerprint density at radius 3 is 3.00 bits per heavy atom. The minimum atomic E-state index is -0.978. The Morgan fingerprint density at radius 1 is 1.32 bits per heavy atom. The van der Waals surface area contributed by atoms with E-state index < -0.39 is 5.60 Å². The number of likely N-dealkylation sites (N-methyl/N-ethyl adjacent to an activating group) is 2. The zero-order chi connectivity index (χ0) is 21.8. The van der Waals surface area contributed by atoms with Gasteiger partial charge < -0.3 is 25.0 Å². The van der Waals surface area contributed by atoms with E-state index in [9.17, 15) is 9.90 Å². The molecular formula is C23H29N5O3. The summed E-state index contributed by atoms with van der Waals surface area (Å²) in [4.78, 5) is 21.0. The lowest BCUT2D eigenvalue weighted by atomic mass is 10.0. The highest BCUT2D eigenvalue weighted by Gasteiger charge is 2.38. The molecule has 0 saturated carbocycles. The van der Waals surface area contributed by atoms with E-state index in [1.807, 2.05) is 48.0 Å². The number of benzene rings is 1. The van der Waals surface area contributed by atoms with E-state index in [0.717, 1.165) is 18.0 Å². The van der Waals surface area contributed by atoms with Gasteiger partial charge in [0.15, 0.2) is 0 Å².